The van der Waals surface area contributed by atoms with Gasteiger partial charge in [-0.25, -0.2) is 15.0 Å². The van der Waals surface area contributed by atoms with Gasteiger partial charge in [-0.1, -0.05) is 6.92 Å². The second-order valence-electron chi connectivity index (χ2n) is 7.28. The van der Waals surface area contributed by atoms with Crippen molar-refractivity contribution in [3.05, 3.63) is 18.2 Å². The molecule has 0 amide bonds. The van der Waals surface area contributed by atoms with E-state index in [0.29, 0.717) is 6.04 Å². The lowest BCUT2D eigenvalue weighted by Crippen LogP contribution is -2.27. The fourth-order valence-electron chi connectivity index (χ4n) is 3.99. The summed E-state index contributed by atoms with van der Waals surface area (Å²) in [5.41, 5.74) is 3.82. The van der Waals surface area contributed by atoms with Crippen LogP contribution in [0.4, 0.5) is 5.82 Å². The fraction of sp³-hybridized carbons (Fsp3) is 0.579. The third-order valence-corrected chi connectivity index (χ3v) is 5.45. The molecule has 1 fully saturated rings. The van der Waals surface area contributed by atoms with E-state index in [1.165, 1.54) is 6.42 Å². The van der Waals surface area contributed by atoms with Gasteiger partial charge in [0.25, 0.3) is 0 Å². The van der Waals surface area contributed by atoms with Gasteiger partial charge in [-0.3, -0.25) is 4.68 Å². The Morgan fingerprint density at radius 1 is 1.26 bits per heavy atom. The van der Waals surface area contributed by atoms with Gasteiger partial charge in [-0.2, -0.15) is 5.10 Å². The number of aromatic nitrogens is 6. The van der Waals surface area contributed by atoms with Crippen molar-refractivity contribution >= 4 is 17.0 Å². The molecule has 0 unspecified atom stereocenters. The first-order valence-corrected chi connectivity index (χ1v) is 9.81. The highest BCUT2D eigenvalue weighted by molar-refractivity contribution is 5.86. The maximum atomic E-state index is 4.90. The second kappa shape index (κ2) is 7.26. The Morgan fingerprint density at radius 2 is 2.11 bits per heavy atom. The standard InChI is InChI=1S/C19H28N8/c1-5-8-26-9-7-14(11-26)23-17-16-19(21-12-20-17)25(4)18(24-16)15-10-22-27(6-2)13(15)3/h10,12,14H,5-9,11H2,1-4H3,(H,20,21,23)/t14-/m0/s1. The van der Waals surface area contributed by atoms with Crippen LogP contribution in [0.15, 0.2) is 12.5 Å². The van der Waals surface area contributed by atoms with Crippen molar-refractivity contribution in [3.8, 4) is 11.4 Å². The molecule has 0 radical (unpaired) electrons. The van der Waals surface area contributed by atoms with E-state index in [1.54, 1.807) is 6.33 Å². The van der Waals surface area contributed by atoms with Crippen molar-refractivity contribution in [1.82, 2.24) is 34.2 Å². The number of hydrogen-bond acceptors (Lipinski definition) is 6. The molecule has 8 heteroatoms. The van der Waals surface area contributed by atoms with Crippen LogP contribution in [0.3, 0.4) is 0 Å². The second-order valence-corrected chi connectivity index (χ2v) is 7.28. The van der Waals surface area contributed by atoms with Crippen molar-refractivity contribution in [2.75, 3.05) is 25.0 Å². The van der Waals surface area contributed by atoms with Gasteiger partial charge >= 0.3 is 0 Å². The van der Waals surface area contributed by atoms with Gasteiger partial charge in [-0.15, -0.1) is 0 Å². The Hall–Kier alpha value is -2.48. The monoisotopic (exact) mass is 368 g/mol. The molecule has 4 heterocycles. The lowest BCUT2D eigenvalue weighted by atomic mass is 10.2. The van der Waals surface area contributed by atoms with Crippen molar-refractivity contribution in [2.24, 2.45) is 7.05 Å². The minimum absolute atomic E-state index is 0.407. The summed E-state index contributed by atoms with van der Waals surface area (Å²) in [5.74, 6) is 1.70. The largest absolute Gasteiger partial charge is 0.364 e. The molecule has 144 valence electrons. The molecule has 3 aromatic heterocycles. The average Bonchev–Trinajstić information content (AvgIpc) is 3.34. The minimum Gasteiger partial charge on any atom is -0.364 e. The normalized spacial score (nSPS) is 17.9. The maximum absolute atomic E-state index is 4.90. The summed E-state index contributed by atoms with van der Waals surface area (Å²) in [6.45, 7) is 10.6. The summed E-state index contributed by atoms with van der Waals surface area (Å²) in [7, 11) is 2.00. The van der Waals surface area contributed by atoms with Gasteiger partial charge in [0.1, 0.15) is 12.2 Å². The van der Waals surface area contributed by atoms with Crippen molar-refractivity contribution < 1.29 is 0 Å². The molecule has 0 aliphatic carbocycles. The number of rotatable bonds is 6. The fourth-order valence-corrected chi connectivity index (χ4v) is 3.99. The molecule has 1 aliphatic rings. The van der Waals surface area contributed by atoms with Gasteiger partial charge in [0.2, 0.25) is 0 Å². The predicted octanol–water partition coefficient (Wildman–Crippen LogP) is 2.45. The van der Waals surface area contributed by atoms with Crippen LogP contribution in [0, 0.1) is 6.92 Å². The molecule has 1 saturated heterocycles. The van der Waals surface area contributed by atoms with Crippen LogP contribution < -0.4 is 5.32 Å². The molecule has 0 saturated carbocycles. The molecular weight excluding hydrogens is 340 g/mol. The summed E-state index contributed by atoms with van der Waals surface area (Å²) in [4.78, 5) is 16.4. The van der Waals surface area contributed by atoms with Crippen LogP contribution in [-0.4, -0.2) is 59.9 Å². The first-order valence-electron chi connectivity index (χ1n) is 9.81. The Bertz CT molecular complexity index is 941. The molecular formula is C19H28N8. The van der Waals surface area contributed by atoms with Crippen LogP contribution in [-0.2, 0) is 13.6 Å². The Balaban J connectivity index is 1.67. The van der Waals surface area contributed by atoms with E-state index in [0.717, 1.165) is 66.7 Å². The van der Waals surface area contributed by atoms with Crippen LogP contribution in [0.2, 0.25) is 0 Å². The van der Waals surface area contributed by atoms with E-state index in [1.807, 2.05) is 22.5 Å². The quantitative estimate of drug-likeness (QED) is 0.720. The molecule has 0 spiro atoms. The number of hydrogen-bond donors (Lipinski definition) is 1. The molecule has 0 bridgehead atoms. The number of imidazole rings is 1. The predicted molar refractivity (Wildman–Crippen MR) is 107 cm³/mol. The minimum atomic E-state index is 0.407. The first kappa shape index (κ1) is 17.9. The Kier molecular flexibility index (Phi) is 4.82. The lowest BCUT2D eigenvalue weighted by Gasteiger charge is -2.16. The van der Waals surface area contributed by atoms with E-state index in [2.05, 4.69) is 46.1 Å². The van der Waals surface area contributed by atoms with Crippen LogP contribution in [0.5, 0.6) is 0 Å². The third kappa shape index (κ3) is 3.18. The number of nitrogens with one attached hydrogen (secondary N) is 1. The number of anilines is 1. The number of nitrogens with zero attached hydrogens (tertiary/aromatic N) is 7. The van der Waals surface area contributed by atoms with E-state index >= 15 is 0 Å². The summed E-state index contributed by atoms with van der Waals surface area (Å²) in [6.07, 6.45) is 5.84. The van der Waals surface area contributed by atoms with E-state index in [9.17, 15) is 0 Å². The van der Waals surface area contributed by atoms with Gasteiger partial charge in [0, 0.05) is 38.4 Å². The zero-order valence-corrected chi connectivity index (χ0v) is 16.6. The number of likely N-dealkylation sites (tertiary alicyclic amines) is 1. The first-order chi connectivity index (χ1) is 13.1. The summed E-state index contributed by atoms with van der Waals surface area (Å²) < 4.78 is 4.02. The van der Waals surface area contributed by atoms with Crippen LogP contribution in [0.25, 0.3) is 22.6 Å². The van der Waals surface area contributed by atoms with E-state index in [-0.39, 0.29) is 0 Å². The van der Waals surface area contributed by atoms with Gasteiger partial charge < -0.3 is 14.8 Å². The SMILES string of the molecule is CCCN1CC[C@H](Nc2ncnc3c2nc(-c2cnn(CC)c2C)n3C)C1. The molecule has 4 rings (SSSR count). The number of fused-ring (bicyclic) bond motifs is 1. The topological polar surface area (TPSA) is 76.7 Å². The maximum Gasteiger partial charge on any atom is 0.165 e. The molecule has 1 aliphatic heterocycles. The summed E-state index contributed by atoms with van der Waals surface area (Å²) >= 11 is 0. The van der Waals surface area contributed by atoms with Crippen molar-refractivity contribution in [3.63, 3.8) is 0 Å². The van der Waals surface area contributed by atoms with Gasteiger partial charge in [0.05, 0.1) is 11.8 Å². The molecule has 3 aromatic rings. The molecule has 1 N–H and O–H groups in total. The Morgan fingerprint density at radius 3 is 2.85 bits per heavy atom. The summed E-state index contributed by atoms with van der Waals surface area (Å²) in [6, 6.07) is 0.407. The highest BCUT2D eigenvalue weighted by atomic mass is 15.3. The zero-order chi connectivity index (χ0) is 19.0. The van der Waals surface area contributed by atoms with Crippen LogP contribution in [0.1, 0.15) is 32.4 Å². The average molecular weight is 368 g/mol. The lowest BCUT2D eigenvalue weighted by molar-refractivity contribution is 0.337. The molecule has 0 aromatic carbocycles. The highest BCUT2D eigenvalue weighted by Gasteiger charge is 2.24. The number of aryl methyl sites for hydroxylation is 2. The Labute approximate surface area is 159 Å². The van der Waals surface area contributed by atoms with Crippen molar-refractivity contribution in [1.29, 1.82) is 0 Å². The van der Waals surface area contributed by atoms with Crippen LogP contribution >= 0.6 is 0 Å². The zero-order valence-electron chi connectivity index (χ0n) is 16.6. The molecule has 1 atom stereocenters. The van der Waals surface area contributed by atoms with E-state index < -0.39 is 0 Å². The van der Waals surface area contributed by atoms with Gasteiger partial charge in [0.15, 0.2) is 17.0 Å². The highest BCUT2D eigenvalue weighted by Crippen LogP contribution is 2.28. The van der Waals surface area contributed by atoms with E-state index in [4.69, 9.17) is 4.98 Å². The van der Waals surface area contributed by atoms with Gasteiger partial charge in [-0.05, 0) is 33.2 Å². The molecule has 8 nitrogen and oxygen atoms in total. The third-order valence-electron chi connectivity index (χ3n) is 5.45. The van der Waals surface area contributed by atoms with Crippen molar-refractivity contribution in [2.45, 2.75) is 46.2 Å². The molecule has 27 heavy (non-hydrogen) atoms. The summed E-state index contributed by atoms with van der Waals surface area (Å²) in [5, 5.41) is 8.07. The smallest absolute Gasteiger partial charge is 0.165 e.